The average molecular weight is 192 g/mol. The van der Waals surface area contributed by atoms with E-state index in [2.05, 4.69) is 0 Å². The first-order valence-corrected chi connectivity index (χ1v) is 5.15. The van der Waals surface area contributed by atoms with Gasteiger partial charge in [-0.2, -0.15) is 0 Å². The maximum Gasteiger partial charge on any atom is 0.252 e. The number of nitrogens with zero attached hydrogens (tertiary/aromatic N) is 1. The van der Waals surface area contributed by atoms with Gasteiger partial charge in [-0.15, -0.1) is 0 Å². The van der Waals surface area contributed by atoms with E-state index in [1.807, 2.05) is 13.1 Å². The highest BCUT2D eigenvalue weighted by Crippen LogP contribution is 2.33. The molecule has 0 atom stereocenters. The molecule has 1 heterocycles. The molecule has 0 unspecified atom stereocenters. The summed E-state index contributed by atoms with van der Waals surface area (Å²) in [5.74, 6) is 0.538. The van der Waals surface area contributed by atoms with Gasteiger partial charge in [-0.1, -0.05) is 12.8 Å². The van der Waals surface area contributed by atoms with Crippen molar-refractivity contribution >= 4 is 5.69 Å². The molecule has 3 heteroatoms. The maximum absolute atomic E-state index is 11.5. The van der Waals surface area contributed by atoms with E-state index in [4.69, 9.17) is 5.73 Å². The van der Waals surface area contributed by atoms with Crippen LogP contribution in [-0.4, -0.2) is 4.57 Å². The Hall–Kier alpha value is -1.25. The minimum absolute atomic E-state index is 0.00639. The fraction of sp³-hybridized carbons (Fsp3) is 0.545. The van der Waals surface area contributed by atoms with Crippen LogP contribution < -0.4 is 11.3 Å². The van der Waals surface area contributed by atoms with Gasteiger partial charge in [0.25, 0.3) is 5.56 Å². The van der Waals surface area contributed by atoms with E-state index >= 15 is 0 Å². The normalized spacial score (nSPS) is 17.5. The van der Waals surface area contributed by atoms with Crippen LogP contribution in [0.3, 0.4) is 0 Å². The maximum atomic E-state index is 11.5. The molecule has 0 saturated heterocycles. The number of hydrogen-bond acceptors (Lipinski definition) is 2. The Balaban J connectivity index is 2.45. The first-order chi connectivity index (χ1) is 6.68. The van der Waals surface area contributed by atoms with Crippen molar-refractivity contribution in [3.05, 3.63) is 28.2 Å². The van der Waals surface area contributed by atoms with E-state index in [1.54, 1.807) is 4.57 Å². The fourth-order valence-electron chi connectivity index (χ4n) is 2.29. The molecular formula is C11H16N2O. The van der Waals surface area contributed by atoms with Gasteiger partial charge in [-0.05, 0) is 24.8 Å². The molecule has 1 aromatic rings. The predicted octanol–water partition coefficient (Wildman–Crippen LogP) is 1.63. The van der Waals surface area contributed by atoms with Crippen LogP contribution in [-0.2, 0) is 7.05 Å². The minimum atomic E-state index is 0.00639. The molecule has 1 aromatic heterocycles. The Morgan fingerprint density at radius 2 is 2.00 bits per heavy atom. The SMILES string of the molecule is Cn1c(C2CCCC2)cc(N)cc1=O. The number of nitrogen functional groups attached to an aromatic ring is 1. The van der Waals surface area contributed by atoms with Crippen LogP contribution in [0.2, 0.25) is 0 Å². The topological polar surface area (TPSA) is 48.0 Å². The second kappa shape index (κ2) is 3.48. The summed E-state index contributed by atoms with van der Waals surface area (Å²) >= 11 is 0. The lowest BCUT2D eigenvalue weighted by Gasteiger charge is -2.14. The third-order valence-corrected chi connectivity index (χ3v) is 3.10. The lowest BCUT2D eigenvalue weighted by atomic mass is 10.0. The Bertz CT molecular complexity index is 389. The summed E-state index contributed by atoms with van der Waals surface area (Å²) in [5, 5.41) is 0. The summed E-state index contributed by atoms with van der Waals surface area (Å²) < 4.78 is 1.73. The van der Waals surface area contributed by atoms with Gasteiger partial charge in [0.2, 0.25) is 0 Å². The number of aromatic nitrogens is 1. The van der Waals surface area contributed by atoms with E-state index in [9.17, 15) is 4.79 Å². The molecule has 3 nitrogen and oxygen atoms in total. The molecule has 0 aromatic carbocycles. The summed E-state index contributed by atoms with van der Waals surface area (Å²) in [6, 6.07) is 3.43. The molecule has 1 aliphatic carbocycles. The Kier molecular flexibility index (Phi) is 2.32. The smallest absolute Gasteiger partial charge is 0.252 e. The van der Waals surface area contributed by atoms with E-state index in [0.29, 0.717) is 11.6 Å². The van der Waals surface area contributed by atoms with Gasteiger partial charge >= 0.3 is 0 Å². The van der Waals surface area contributed by atoms with Crippen LogP contribution in [0.4, 0.5) is 5.69 Å². The van der Waals surface area contributed by atoms with E-state index in [-0.39, 0.29) is 5.56 Å². The first kappa shape index (κ1) is 9.31. The van der Waals surface area contributed by atoms with Crippen LogP contribution in [0.25, 0.3) is 0 Å². The Labute approximate surface area is 83.5 Å². The molecule has 1 fully saturated rings. The zero-order chi connectivity index (χ0) is 10.1. The Morgan fingerprint density at radius 3 is 2.64 bits per heavy atom. The largest absolute Gasteiger partial charge is 0.399 e. The van der Waals surface area contributed by atoms with Crippen molar-refractivity contribution in [1.29, 1.82) is 0 Å². The van der Waals surface area contributed by atoms with E-state index in [0.717, 1.165) is 5.69 Å². The highest BCUT2D eigenvalue weighted by atomic mass is 16.1. The molecule has 0 spiro atoms. The van der Waals surface area contributed by atoms with Gasteiger partial charge in [0.15, 0.2) is 0 Å². The van der Waals surface area contributed by atoms with Gasteiger partial charge < -0.3 is 10.3 Å². The summed E-state index contributed by atoms with van der Waals surface area (Å²) in [6.07, 6.45) is 4.93. The summed E-state index contributed by atoms with van der Waals surface area (Å²) in [5.41, 5.74) is 7.39. The van der Waals surface area contributed by atoms with Crippen LogP contribution in [0, 0.1) is 0 Å². The third kappa shape index (κ3) is 1.54. The van der Waals surface area contributed by atoms with Crippen molar-refractivity contribution in [2.75, 3.05) is 5.73 Å². The molecule has 0 amide bonds. The lowest BCUT2D eigenvalue weighted by molar-refractivity contribution is 0.637. The lowest BCUT2D eigenvalue weighted by Crippen LogP contribution is -2.21. The van der Waals surface area contributed by atoms with Crippen molar-refractivity contribution in [3.8, 4) is 0 Å². The van der Waals surface area contributed by atoms with Crippen molar-refractivity contribution in [3.63, 3.8) is 0 Å². The number of rotatable bonds is 1. The van der Waals surface area contributed by atoms with E-state index in [1.165, 1.54) is 31.7 Å². The molecule has 2 N–H and O–H groups in total. The van der Waals surface area contributed by atoms with Crippen molar-refractivity contribution in [1.82, 2.24) is 4.57 Å². The second-order valence-electron chi connectivity index (χ2n) is 4.09. The summed E-state index contributed by atoms with van der Waals surface area (Å²) in [7, 11) is 1.83. The van der Waals surface area contributed by atoms with Crippen molar-refractivity contribution < 1.29 is 0 Å². The minimum Gasteiger partial charge on any atom is -0.399 e. The van der Waals surface area contributed by atoms with Crippen molar-refractivity contribution in [2.24, 2.45) is 7.05 Å². The molecule has 0 aliphatic heterocycles. The van der Waals surface area contributed by atoms with Gasteiger partial charge in [0.05, 0.1) is 0 Å². The average Bonchev–Trinajstić information content (AvgIpc) is 2.63. The first-order valence-electron chi connectivity index (χ1n) is 5.15. The van der Waals surface area contributed by atoms with Gasteiger partial charge in [0.1, 0.15) is 0 Å². The number of hydrogen-bond donors (Lipinski definition) is 1. The standard InChI is InChI=1S/C11H16N2O/c1-13-10(8-4-2-3-5-8)6-9(12)7-11(13)14/h6-8H,2-5,12H2,1H3. The summed E-state index contributed by atoms with van der Waals surface area (Å²) in [6.45, 7) is 0. The zero-order valence-corrected chi connectivity index (χ0v) is 8.49. The molecular weight excluding hydrogens is 176 g/mol. The molecule has 0 radical (unpaired) electrons. The summed E-state index contributed by atoms with van der Waals surface area (Å²) in [4.78, 5) is 11.5. The quantitative estimate of drug-likeness (QED) is 0.735. The predicted molar refractivity (Wildman–Crippen MR) is 57.3 cm³/mol. The van der Waals surface area contributed by atoms with Gasteiger partial charge in [0, 0.05) is 24.5 Å². The van der Waals surface area contributed by atoms with Crippen LogP contribution in [0.15, 0.2) is 16.9 Å². The van der Waals surface area contributed by atoms with Crippen molar-refractivity contribution in [2.45, 2.75) is 31.6 Å². The molecule has 0 bridgehead atoms. The second-order valence-corrected chi connectivity index (χ2v) is 4.09. The fourth-order valence-corrected chi connectivity index (χ4v) is 2.29. The molecule has 2 rings (SSSR count). The van der Waals surface area contributed by atoms with Crippen LogP contribution >= 0.6 is 0 Å². The molecule has 1 saturated carbocycles. The third-order valence-electron chi connectivity index (χ3n) is 3.10. The highest BCUT2D eigenvalue weighted by molar-refractivity contribution is 5.39. The van der Waals surface area contributed by atoms with Gasteiger partial charge in [-0.3, -0.25) is 4.79 Å². The molecule has 14 heavy (non-hydrogen) atoms. The number of nitrogens with two attached hydrogens (primary N) is 1. The molecule has 76 valence electrons. The number of anilines is 1. The molecule has 1 aliphatic rings. The van der Waals surface area contributed by atoms with Crippen LogP contribution in [0.1, 0.15) is 37.3 Å². The monoisotopic (exact) mass is 192 g/mol. The Morgan fingerprint density at radius 1 is 1.36 bits per heavy atom. The number of pyridine rings is 1. The zero-order valence-electron chi connectivity index (χ0n) is 8.49. The van der Waals surface area contributed by atoms with Crippen LogP contribution in [0.5, 0.6) is 0 Å². The van der Waals surface area contributed by atoms with E-state index < -0.39 is 0 Å². The highest BCUT2D eigenvalue weighted by Gasteiger charge is 2.19. The van der Waals surface area contributed by atoms with Gasteiger partial charge in [-0.25, -0.2) is 0 Å².